The zero-order valence-electron chi connectivity index (χ0n) is 23.5. The van der Waals surface area contributed by atoms with Gasteiger partial charge in [-0.15, -0.1) is 0 Å². The maximum Gasteiger partial charge on any atom is 0.416 e. The first-order chi connectivity index (χ1) is 20.0. The summed E-state index contributed by atoms with van der Waals surface area (Å²) in [5.74, 6) is -0.482. The van der Waals surface area contributed by atoms with Gasteiger partial charge in [-0.25, -0.2) is 9.78 Å². The molecule has 0 saturated heterocycles. The Labute approximate surface area is 242 Å². The Balaban J connectivity index is 1.55. The molecule has 2 N–H and O–H groups in total. The maximum atomic E-state index is 13.6. The molecule has 8 nitrogen and oxygen atoms in total. The number of carbonyl (C=O) groups is 2. The fraction of sp³-hybridized carbons (Fsp3) is 0.323. The highest BCUT2D eigenvalue weighted by Crippen LogP contribution is 2.30. The van der Waals surface area contributed by atoms with E-state index in [-0.39, 0.29) is 48.7 Å². The summed E-state index contributed by atoms with van der Waals surface area (Å²) in [5, 5.41) is 12.5. The lowest BCUT2D eigenvalue weighted by Crippen LogP contribution is -2.50. The summed E-state index contributed by atoms with van der Waals surface area (Å²) in [4.78, 5) is 33.9. The second kappa shape index (κ2) is 13.1. The van der Waals surface area contributed by atoms with Crippen molar-refractivity contribution in [2.75, 3.05) is 32.1 Å². The Hall–Kier alpha value is -4.38. The minimum Gasteiger partial charge on any atom is -0.472 e. The van der Waals surface area contributed by atoms with E-state index in [9.17, 15) is 27.9 Å². The molecule has 0 spiro atoms. The van der Waals surface area contributed by atoms with E-state index in [0.29, 0.717) is 5.56 Å². The number of fused-ring (bicyclic) bond motifs is 1. The smallest absolute Gasteiger partial charge is 0.416 e. The summed E-state index contributed by atoms with van der Waals surface area (Å²) in [7, 11) is 1.54. The number of nitrogens with zero attached hydrogens (tertiary/aromatic N) is 3. The van der Waals surface area contributed by atoms with Gasteiger partial charge in [0.05, 0.1) is 24.8 Å². The van der Waals surface area contributed by atoms with Crippen molar-refractivity contribution in [2.45, 2.75) is 32.2 Å². The second-order valence-electron chi connectivity index (χ2n) is 10.4. The van der Waals surface area contributed by atoms with E-state index in [0.717, 1.165) is 17.7 Å². The number of pyridine rings is 1. The summed E-state index contributed by atoms with van der Waals surface area (Å²) < 4.78 is 44.9. The Bertz CT molecular complexity index is 1410. The topological polar surface area (TPSA) is 95.0 Å². The molecule has 4 rings (SSSR count). The van der Waals surface area contributed by atoms with Gasteiger partial charge >= 0.3 is 12.2 Å². The number of anilines is 1. The maximum absolute atomic E-state index is 13.6. The quantitative estimate of drug-likeness (QED) is 0.375. The number of hydrogen-bond donors (Lipinski definition) is 2. The number of aliphatic hydroxyl groups excluding tert-OH is 1. The molecule has 0 radical (unpaired) electrons. The van der Waals surface area contributed by atoms with Gasteiger partial charge in [0.2, 0.25) is 5.88 Å². The lowest BCUT2D eigenvalue weighted by Gasteiger charge is -2.37. The molecule has 1 aromatic heterocycles. The minimum absolute atomic E-state index is 0.0972. The molecule has 0 unspecified atom stereocenters. The van der Waals surface area contributed by atoms with Crippen molar-refractivity contribution in [3.63, 3.8) is 0 Å². The van der Waals surface area contributed by atoms with Gasteiger partial charge < -0.3 is 25.0 Å². The van der Waals surface area contributed by atoms with E-state index in [1.165, 1.54) is 17.0 Å². The third kappa shape index (κ3) is 7.47. The molecule has 42 heavy (non-hydrogen) atoms. The van der Waals surface area contributed by atoms with Crippen molar-refractivity contribution in [3.8, 4) is 5.88 Å². The lowest BCUT2D eigenvalue weighted by molar-refractivity contribution is -0.137. The molecule has 3 aromatic rings. The summed E-state index contributed by atoms with van der Waals surface area (Å²) in [6, 6.07) is 14.5. The Kier molecular flexibility index (Phi) is 9.52. The normalized spacial score (nSPS) is 18.1. The second-order valence-corrected chi connectivity index (χ2v) is 10.4. The van der Waals surface area contributed by atoms with Crippen LogP contribution in [0.5, 0.6) is 5.88 Å². The van der Waals surface area contributed by atoms with Crippen LogP contribution in [0.15, 0.2) is 66.9 Å². The van der Waals surface area contributed by atoms with E-state index in [1.54, 1.807) is 31.1 Å². The number of halogens is 3. The number of benzene rings is 2. The fourth-order valence-corrected chi connectivity index (χ4v) is 4.50. The van der Waals surface area contributed by atoms with Crippen molar-refractivity contribution in [1.82, 2.24) is 14.8 Å². The molecule has 3 amide bonds. The minimum atomic E-state index is -4.48. The van der Waals surface area contributed by atoms with Crippen molar-refractivity contribution in [1.29, 1.82) is 0 Å². The summed E-state index contributed by atoms with van der Waals surface area (Å²) >= 11 is 0. The van der Waals surface area contributed by atoms with Crippen LogP contribution in [0.2, 0.25) is 0 Å². The first-order valence-electron chi connectivity index (χ1n) is 13.5. The summed E-state index contributed by atoms with van der Waals surface area (Å²) in [6.07, 6.45) is 0.272. The predicted molar refractivity (Wildman–Crippen MR) is 154 cm³/mol. The van der Waals surface area contributed by atoms with Gasteiger partial charge in [0.1, 0.15) is 11.7 Å². The van der Waals surface area contributed by atoms with Gasteiger partial charge in [0.15, 0.2) is 0 Å². The molecule has 0 fully saturated rings. The highest BCUT2D eigenvalue weighted by Gasteiger charge is 2.35. The van der Waals surface area contributed by atoms with Gasteiger partial charge in [-0.2, -0.15) is 13.2 Å². The number of aliphatic hydroxyl groups is 1. The molecule has 1 aliphatic heterocycles. The average molecular weight is 583 g/mol. The van der Waals surface area contributed by atoms with E-state index >= 15 is 0 Å². The highest BCUT2D eigenvalue weighted by atomic mass is 19.4. The van der Waals surface area contributed by atoms with Gasteiger partial charge in [-0.3, -0.25) is 4.79 Å². The van der Waals surface area contributed by atoms with Crippen LogP contribution >= 0.6 is 0 Å². The van der Waals surface area contributed by atoms with Crippen molar-refractivity contribution in [3.05, 3.63) is 89.1 Å². The average Bonchev–Trinajstić information content (AvgIpc) is 2.97. The molecule has 2 heterocycles. The van der Waals surface area contributed by atoms with E-state index in [1.807, 2.05) is 49.4 Å². The van der Waals surface area contributed by atoms with Gasteiger partial charge in [-0.1, -0.05) is 49.4 Å². The molecule has 0 aliphatic carbocycles. The molecule has 222 valence electrons. The van der Waals surface area contributed by atoms with Gasteiger partial charge in [0.25, 0.3) is 5.91 Å². The number of urea groups is 1. The van der Waals surface area contributed by atoms with Crippen LogP contribution in [0.1, 0.15) is 40.9 Å². The number of nitrogens with one attached hydrogen (secondary N) is 1. The first-order valence-corrected chi connectivity index (χ1v) is 13.5. The van der Waals surface area contributed by atoms with Gasteiger partial charge in [0, 0.05) is 31.4 Å². The third-order valence-corrected chi connectivity index (χ3v) is 7.07. The summed E-state index contributed by atoms with van der Waals surface area (Å²) in [6.45, 7) is 3.73. The van der Waals surface area contributed by atoms with E-state index in [2.05, 4.69) is 10.3 Å². The monoisotopic (exact) mass is 582 g/mol. The standard InChI is InChI=1S/C31H33F3N4O4/c1-20-17-38(21(2)19-39)29(40)26-15-23(10-9-22-7-5-4-6-8-22)16-35-28(26)42-27(20)18-37(3)30(41)36-25-13-11-24(12-14-25)31(32,33)34/h4-16,20-21,27,39H,17-19H2,1-3H3,(H,36,41)/b10-9+/t20-,21+,27-/m0/s1. The largest absolute Gasteiger partial charge is 0.472 e. The Morgan fingerprint density at radius 1 is 1.17 bits per heavy atom. The number of aromatic nitrogens is 1. The highest BCUT2D eigenvalue weighted by molar-refractivity contribution is 5.97. The number of rotatable bonds is 7. The zero-order valence-corrected chi connectivity index (χ0v) is 23.5. The molecule has 2 aromatic carbocycles. The number of ether oxygens (including phenoxy) is 1. The van der Waals surface area contributed by atoms with Crippen molar-refractivity contribution < 1.29 is 32.6 Å². The van der Waals surface area contributed by atoms with Crippen LogP contribution in [0.25, 0.3) is 12.2 Å². The fourth-order valence-electron chi connectivity index (χ4n) is 4.50. The van der Waals surface area contributed by atoms with E-state index in [4.69, 9.17) is 4.74 Å². The Morgan fingerprint density at radius 3 is 2.48 bits per heavy atom. The van der Waals surface area contributed by atoms with Crippen LogP contribution < -0.4 is 10.1 Å². The number of carbonyl (C=O) groups excluding carboxylic acids is 2. The molecule has 0 saturated carbocycles. The number of alkyl halides is 3. The molecule has 1 aliphatic rings. The Morgan fingerprint density at radius 2 is 1.83 bits per heavy atom. The van der Waals surface area contributed by atoms with Crippen LogP contribution in [0.4, 0.5) is 23.7 Å². The van der Waals surface area contributed by atoms with Crippen LogP contribution in [-0.2, 0) is 6.18 Å². The zero-order chi connectivity index (χ0) is 30.4. The lowest BCUT2D eigenvalue weighted by atomic mass is 10.00. The van der Waals surface area contributed by atoms with Crippen LogP contribution in [0, 0.1) is 5.92 Å². The van der Waals surface area contributed by atoms with Crippen molar-refractivity contribution >= 4 is 29.8 Å². The van der Waals surface area contributed by atoms with Crippen molar-refractivity contribution in [2.24, 2.45) is 5.92 Å². The summed E-state index contributed by atoms with van der Waals surface area (Å²) in [5.41, 5.74) is 1.30. The number of amides is 3. The molecular formula is C31H33F3N4O4. The third-order valence-electron chi connectivity index (χ3n) is 7.07. The van der Waals surface area contributed by atoms with Crippen LogP contribution in [0.3, 0.4) is 0 Å². The first kappa shape index (κ1) is 30.6. The van der Waals surface area contributed by atoms with Crippen LogP contribution in [-0.4, -0.2) is 70.7 Å². The van der Waals surface area contributed by atoms with Gasteiger partial charge in [-0.05, 0) is 48.4 Å². The SMILES string of the molecule is C[C@H](CO)N1C[C@H](C)[C@H](CN(C)C(=O)Nc2ccc(C(F)(F)F)cc2)Oc2ncc(/C=C/c3ccccc3)cc2C1=O. The molecule has 3 atom stereocenters. The molecule has 0 bridgehead atoms. The predicted octanol–water partition coefficient (Wildman–Crippen LogP) is 5.65. The van der Waals surface area contributed by atoms with E-state index < -0.39 is 29.9 Å². The molecular weight excluding hydrogens is 549 g/mol. The number of likely N-dealkylation sites (N-methyl/N-ethyl adjacent to an activating group) is 1. The number of hydrogen-bond acceptors (Lipinski definition) is 5. The molecule has 11 heteroatoms.